The molecule has 1 heterocycles. The Morgan fingerprint density at radius 1 is 1.33 bits per heavy atom. The van der Waals surface area contributed by atoms with Gasteiger partial charge in [0.25, 0.3) is 0 Å². The van der Waals surface area contributed by atoms with Gasteiger partial charge in [-0.2, -0.15) is 0 Å². The van der Waals surface area contributed by atoms with Gasteiger partial charge in [-0.3, -0.25) is 0 Å². The largest absolute Gasteiger partial charge is 0.350 e. The van der Waals surface area contributed by atoms with E-state index in [-0.39, 0.29) is 0 Å². The molecule has 80 valence electrons. The van der Waals surface area contributed by atoms with Gasteiger partial charge in [-0.15, -0.1) is 0 Å². The van der Waals surface area contributed by atoms with Crippen LogP contribution in [0.25, 0.3) is 10.9 Å². The van der Waals surface area contributed by atoms with Gasteiger partial charge >= 0.3 is 0 Å². The molecule has 0 aliphatic rings. The van der Waals surface area contributed by atoms with Gasteiger partial charge in [0.15, 0.2) is 0 Å². The van der Waals surface area contributed by atoms with Crippen molar-refractivity contribution < 1.29 is 0 Å². The normalized spacial score (nSPS) is 11.5. The molecule has 0 aliphatic carbocycles. The van der Waals surface area contributed by atoms with Gasteiger partial charge in [-0.25, -0.2) is 0 Å². The lowest BCUT2D eigenvalue weighted by molar-refractivity contribution is 0.856. The van der Waals surface area contributed by atoms with E-state index in [9.17, 15) is 0 Å². The highest BCUT2D eigenvalue weighted by molar-refractivity contribution is 5.87. The van der Waals surface area contributed by atoms with Gasteiger partial charge in [0.1, 0.15) is 0 Å². The maximum Gasteiger partial charge on any atom is 0.0516 e. The zero-order valence-electron chi connectivity index (χ0n) is 9.62. The van der Waals surface area contributed by atoms with Gasteiger partial charge in [-0.05, 0) is 17.0 Å². The molecule has 2 nitrogen and oxygen atoms in total. The highest BCUT2D eigenvalue weighted by Crippen LogP contribution is 2.28. The van der Waals surface area contributed by atoms with Crippen molar-refractivity contribution in [3.05, 3.63) is 35.5 Å². The van der Waals surface area contributed by atoms with E-state index in [0.717, 1.165) is 0 Å². The number of hydrogen-bond donors (Lipinski definition) is 1. The first-order chi connectivity index (χ1) is 7.15. The Morgan fingerprint density at radius 2 is 2.07 bits per heavy atom. The quantitative estimate of drug-likeness (QED) is 0.797. The standard InChI is InChI=1S/C13H18N2/c1-9(2)11-5-4-6-12-10(7-14)8-15(3)13(11)12/h4-6,8-9H,7,14H2,1-3H3. The smallest absolute Gasteiger partial charge is 0.0516 e. The van der Waals surface area contributed by atoms with Crippen LogP contribution in [0, 0.1) is 0 Å². The Balaban J connectivity index is 2.80. The lowest BCUT2D eigenvalue weighted by Gasteiger charge is -2.09. The maximum atomic E-state index is 5.74. The van der Waals surface area contributed by atoms with E-state index in [1.165, 1.54) is 22.0 Å². The predicted octanol–water partition coefficient (Wildman–Crippen LogP) is 2.76. The van der Waals surface area contributed by atoms with E-state index >= 15 is 0 Å². The van der Waals surface area contributed by atoms with Crippen LogP contribution in [0.1, 0.15) is 30.9 Å². The Labute approximate surface area is 90.7 Å². The fraction of sp³-hybridized carbons (Fsp3) is 0.385. The molecule has 2 rings (SSSR count). The highest BCUT2D eigenvalue weighted by Gasteiger charge is 2.10. The van der Waals surface area contributed by atoms with Crippen LogP contribution in [0.5, 0.6) is 0 Å². The average molecular weight is 202 g/mol. The molecule has 0 unspecified atom stereocenters. The van der Waals surface area contributed by atoms with E-state index < -0.39 is 0 Å². The topological polar surface area (TPSA) is 30.9 Å². The predicted molar refractivity (Wildman–Crippen MR) is 64.9 cm³/mol. The second kappa shape index (κ2) is 3.70. The van der Waals surface area contributed by atoms with E-state index in [4.69, 9.17) is 5.73 Å². The second-order valence-electron chi connectivity index (χ2n) is 4.37. The summed E-state index contributed by atoms with van der Waals surface area (Å²) in [5.74, 6) is 0.549. The fourth-order valence-corrected chi connectivity index (χ4v) is 2.21. The SMILES string of the molecule is CC(C)c1cccc2c(CN)cn(C)c12. The number of para-hydroxylation sites is 1. The zero-order chi connectivity index (χ0) is 11.0. The molecule has 0 spiro atoms. The van der Waals surface area contributed by atoms with E-state index in [2.05, 4.69) is 49.9 Å². The van der Waals surface area contributed by atoms with Crippen LogP contribution in [0.4, 0.5) is 0 Å². The summed E-state index contributed by atoms with van der Waals surface area (Å²) in [6, 6.07) is 6.48. The molecule has 0 fully saturated rings. The van der Waals surface area contributed by atoms with E-state index in [1.54, 1.807) is 0 Å². The molecule has 0 atom stereocenters. The number of rotatable bonds is 2. The number of aryl methyl sites for hydroxylation is 1. The molecule has 1 aromatic heterocycles. The third-order valence-corrected chi connectivity index (χ3v) is 2.96. The molecule has 0 aliphatic heterocycles. The number of nitrogens with two attached hydrogens (primary N) is 1. The summed E-state index contributed by atoms with van der Waals surface area (Å²) >= 11 is 0. The van der Waals surface area contributed by atoms with Crippen molar-refractivity contribution in [2.24, 2.45) is 12.8 Å². The molecule has 0 saturated carbocycles. The Hall–Kier alpha value is -1.28. The van der Waals surface area contributed by atoms with Crippen molar-refractivity contribution >= 4 is 10.9 Å². The van der Waals surface area contributed by atoms with Gasteiger partial charge < -0.3 is 10.3 Å². The third-order valence-electron chi connectivity index (χ3n) is 2.96. The molecule has 0 radical (unpaired) electrons. The number of aromatic nitrogens is 1. The highest BCUT2D eigenvalue weighted by atomic mass is 14.9. The monoisotopic (exact) mass is 202 g/mol. The third kappa shape index (κ3) is 1.55. The molecule has 15 heavy (non-hydrogen) atoms. The van der Waals surface area contributed by atoms with Crippen molar-refractivity contribution in [3.8, 4) is 0 Å². The summed E-state index contributed by atoms with van der Waals surface area (Å²) in [7, 11) is 2.09. The molecule has 0 saturated heterocycles. The Morgan fingerprint density at radius 3 is 2.67 bits per heavy atom. The molecule has 1 aromatic carbocycles. The summed E-state index contributed by atoms with van der Waals surface area (Å²) in [5.41, 5.74) is 9.70. The van der Waals surface area contributed by atoms with Crippen molar-refractivity contribution in [1.29, 1.82) is 0 Å². The Bertz CT molecular complexity index is 480. The van der Waals surface area contributed by atoms with Crippen LogP contribution < -0.4 is 5.73 Å². The number of fused-ring (bicyclic) bond motifs is 1. The van der Waals surface area contributed by atoms with Crippen LogP contribution >= 0.6 is 0 Å². The second-order valence-corrected chi connectivity index (χ2v) is 4.37. The first-order valence-corrected chi connectivity index (χ1v) is 5.42. The van der Waals surface area contributed by atoms with Crippen molar-refractivity contribution in [2.45, 2.75) is 26.3 Å². The van der Waals surface area contributed by atoms with Gasteiger partial charge in [0, 0.05) is 25.2 Å². The van der Waals surface area contributed by atoms with Crippen molar-refractivity contribution in [2.75, 3.05) is 0 Å². The minimum Gasteiger partial charge on any atom is -0.350 e. The molecule has 2 heteroatoms. The van der Waals surface area contributed by atoms with Crippen LogP contribution in [0.3, 0.4) is 0 Å². The fourth-order valence-electron chi connectivity index (χ4n) is 2.21. The summed E-state index contributed by atoms with van der Waals surface area (Å²) in [6.07, 6.45) is 2.14. The van der Waals surface area contributed by atoms with Gasteiger partial charge in [0.2, 0.25) is 0 Å². The minimum atomic E-state index is 0.549. The molecule has 2 aromatic rings. The van der Waals surface area contributed by atoms with Crippen molar-refractivity contribution in [1.82, 2.24) is 4.57 Å². The molecular weight excluding hydrogens is 184 g/mol. The first kappa shape index (κ1) is 10.2. The first-order valence-electron chi connectivity index (χ1n) is 5.42. The minimum absolute atomic E-state index is 0.549. The summed E-state index contributed by atoms with van der Waals surface area (Å²) in [4.78, 5) is 0. The maximum absolute atomic E-state index is 5.74. The average Bonchev–Trinajstić information content (AvgIpc) is 2.55. The van der Waals surface area contributed by atoms with Crippen LogP contribution in [-0.2, 0) is 13.6 Å². The van der Waals surface area contributed by atoms with Gasteiger partial charge in [-0.1, -0.05) is 32.0 Å². The number of benzene rings is 1. The molecular formula is C13H18N2. The Kier molecular flexibility index (Phi) is 2.53. The molecule has 2 N–H and O–H groups in total. The van der Waals surface area contributed by atoms with Crippen LogP contribution in [0.15, 0.2) is 24.4 Å². The lowest BCUT2D eigenvalue weighted by Crippen LogP contribution is -1.94. The molecule has 0 bridgehead atoms. The van der Waals surface area contributed by atoms with E-state index in [0.29, 0.717) is 12.5 Å². The van der Waals surface area contributed by atoms with Crippen LogP contribution in [-0.4, -0.2) is 4.57 Å². The van der Waals surface area contributed by atoms with Crippen molar-refractivity contribution in [3.63, 3.8) is 0 Å². The van der Waals surface area contributed by atoms with Crippen LogP contribution in [0.2, 0.25) is 0 Å². The number of nitrogens with zero attached hydrogens (tertiary/aromatic N) is 1. The van der Waals surface area contributed by atoms with E-state index in [1.807, 2.05) is 0 Å². The zero-order valence-corrected chi connectivity index (χ0v) is 9.62. The number of hydrogen-bond acceptors (Lipinski definition) is 1. The summed E-state index contributed by atoms with van der Waals surface area (Å²) in [6.45, 7) is 5.06. The summed E-state index contributed by atoms with van der Waals surface area (Å²) in [5, 5.41) is 1.30. The lowest BCUT2D eigenvalue weighted by atomic mass is 9.99. The molecule has 0 amide bonds. The van der Waals surface area contributed by atoms with Gasteiger partial charge in [0.05, 0.1) is 5.52 Å². The summed E-state index contributed by atoms with van der Waals surface area (Å²) < 4.78 is 2.19.